The highest BCUT2D eigenvalue weighted by Crippen LogP contribution is 2.20. The number of carbonyl (C=O) groups is 2. The third-order valence-corrected chi connectivity index (χ3v) is 3.91. The Hall–Kier alpha value is -2.48. The Balaban J connectivity index is 1.72. The monoisotopic (exact) mass is 354 g/mol. The maximum absolute atomic E-state index is 13.0. The highest BCUT2D eigenvalue weighted by atomic mass is 32.2. The molecule has 0 aliphatic carbocycles. The van der Waals surface area contributed by atoms with Crippen molar-refractivity contribution in [2.24, 2.45) is 0 Å². The number of benzene rings is 2. The van der Waals surface area contributed by atoms with Gasteiger partial charge in [-0.1, -0.05) is 0 Å². The lowest BCUT2D eigenvalue weighted by atomic mass is 10.2. The molecule has 0 spiro atoms. The molecule has 0 aromatic heterocycles. The maximum Gasteiger partial charge on any atom is 0.269 e. The molecule has 0 atom stereocenters. The number of amides is 2. The van der Waals surface area contributed by atoms with Crippen LogP contribution in [0.3, 0.4) is 0 Å². The van der Waals surface area contributed by atoms with Gasteiger partial charge in [0, 0.05) is 22.6 Å². The van der Waals surface area contributed by atoms with Crippen molar-refractivity contribution in [2.45, 2.75) is 11.3 Å². The van der Waals surface area contributed by atoms with Gasteiger partial charge in [0.2, 0.25) is 5.91 Å². The van der Waals surface area contributed by atoms with E-state index < -0.39 is 29.3 Å². The molecule has 0 aliphatic heterocycles. The molecule has 2 amide bonds. The molecule has 2 rings (SSSR count). The summed E-state index contributed by atoms with van der Waals surface area (Å²) in [6, 6.07) is 8.32. The molecule has 0 saturated carbocycles. The number of thioether (sulfide) groups is 1. The zero-order valence-corrected chi connectivity index (χ0v) is 13.1. The Morgan fingerprint density at radius 1 is 0.917 bits per heavy atom. The molecule has 126 valence electrons. The highest BCUT2D eigenvalue weighted by molar-refractivity contribution is 7.99. The number of nitrogens with one attached hydrogen (secondary N) is 2. The predicted molar refractivity (Wildman–Crippen MR) is 83.7 cm³/mol. The summed E-state index contributed by atoms with van der Waals surface area (Å²) in [5.41, 5.74) is 4.63. The SMILES string of the molecule is O=C(CCSc1ccc(F)c(F)c1)NNC(=O)c1ccc(F)cc1. The molecule has 0 bridgehead atoms. The number of hydrogen-bond donors (Lipinski definition) is 2. The minimum absolute atomic E-state index is 0.0629. The Bertz CT molecular complexity index is 739. The lowest BCUT2D eigenvalue weighted by Gasteiger charge is -2.07. The van der Waals surface area contributed by atoms with E-state index >= 15 is 0 Å². The molecule has 0 radical (unpaired) electrons. The first-order chi connectivity index (χ1) is 11.5. The van der Waals surface area contributed by atoms with Crippen molar-refractivity contribution < 1.29 is 22.8 Å². The van der Waals surface area contributed by atoms with Crippen molar-refractivity contribution in [3.05, 3.63) is 65.5 Å². The summed E-state index contributed by atoms with van der Waals surface area (Å²) < 4.78 is 38.5. The van der Waals surface area contributed by atoms with Crippen LogP contribution in [0, 0.1) is 17.5 Å². The second-order valence-electron chi connectivity index (χ2n) is 4.68. The van der Waals surface area contributed by atoms with Crippen LogP contribution in [0.15, 0.2) is 47.4 Å². The van der Waals surface area contributed by atoms with Crippen LogP contribution in [0.1, 0.15) is 16.8 Å². The first-order valence-corrected chi connectivity index (χ1v) is 7.87. The molecule has 2 aromatic rings. The Labute approximate surface area is 140 Å². The Morgan fingerprint density at radius 2 is 1.62 bits per heavy atom. The molecule has 0 heterocycles. The average molecular weight is 354 g/mol. The smallest absolute Gasteiger partial charge is 0.269 e. The van der Waals surface area contributed by atoms with E-state index in [-0.39, 0.29) is 12.0 Å². The summed E-state index contributed by atoms with van der Waals surface area (Å²) in [7, 11) is 0. The fourth-order valence-electron chi connectivity index (χ4n) is 1.69. The van der Waals surface area contributed by atoms with Crippen LogP contribution in [-0.4, -0.2) is 17.6 Å². The second-order valence-corrected chi connectivity index (χ2v) is 5.85. The highest BCUT2D eigenvalue weighted by Gasteiger charge is 2.08. The first kappa shape index (κ1) is 17.9. The van der Waals surface area contributed by atoms with Gasteiger partial charge in [-0.25, -0.2) is 13.2 Å². The van der Waals surface area contributed by atoms with Crippen LogP contribution >= 0.6 is 11.8 Å². The maximum atomic E-state index is 13.0. The molecular formula is C16H13F3N2O2S. The van der Waals surface area contributed by atoms with Gasteiger partial charge in [0.1, 0.15) is 5.82 Å². The summed E-state index contributed by atoms with van der Waals surface area (Å²) in [5.74, 6) is -3.04. The van der Waals surface area contributed by atoms with E-state index in [4.69, 9.17) is 0 Å². The summed E-state index contributed by atoms with van der Waals surface area (Å²) in [5, 5.41) is 0. The van der Waals surface area contributed by atoms with Gasteiger partial charge < -0.3 is 0 Å². The molecule has 2 N–H and O–H groups in total. The molecule has 4 nitrogen and oxygen atoms in total. The Kier molecular flexibility index (Phi) is 6.25. The van der Waals surface area contributed by atoms with Crippen molar-refractivity contribution in [2.75, 3.05) is 5.75 Å². The molecule has 2 aromatic carbocycles. The first-order valence-electron chi connectivity index (χ1n) is 6.88. The fourth-order valence-corrected chi connectivity index (χ4v) is 2.56. The summed E-state index contributed by atoms with van der Waals surface area (Å²) in [4.78, 5) is 23.8. The summed E-state index contributed by atoms with van der Waals surface area (Å²) in [6.45, 7) is 0. The van der Waals surface area contributed by atoms with E-state index in [1.807, 2.05) is 0 Å². The van der Waals surface area contributed by atoms with Crippen LogP contribution in [0.4, 0.5) is 13.2 Å². The molecule has 24 heavy (non-hydrogen) atoms. The van der Waals surface area contributed by atoms with Gasteiger partial charge in [-0.05, 0) is 42.5 Å². The standard InChI is InChI=1S/C16H13F3N2O2S/c17-11-3-1-10(2-4-11)16(23)21-20-15(22)7-8-24-12-5-6-13(18)14(19)9-12/h1-6,9H,7-8H2,(H,20,22)(H,21,23). The minimum Gasteiger partial charge on any atom is -0.273 e. The van der Waals surface area contributed by atoms with Gasteiger partial charge in [0.25, 0.3) is 5.91 Å². The van der Waals surface area contributed by atoms with Crippen LogP contribution < -0.4 is 10.9 Å². The molecule has 0 fully saturated rings. The van der Waals surface area contributed by atoms with Crippen molar-refractivity contribution >= 4 is 23.6 Å². The van der Waals surface area contributed by atoms with Crippen LogP contribution in [0.5, 0.6) is 0 Å². The Morgan fingerprint density at radius 3 is 2.29 bits per heavy atom. The van der Waals surface area contributed by atoms with Crippen LogP contribution in [-0.2, 0) is 4.79 Å². The number of hydrazine groups is 1. The lowest BCUT2D eigenvalue weighted by Crippen LogP contribution is -2.41. The van der Waals surface area contributed by atoms with Crippen LogP contribution in [0.25, 0.3) is 0 Å². The van der Waals surface area contributed by atoms with Gasteiger partial charge in [0.15, 0.2) is 11.6 Å². The van der Waals surface area contributed by atoms with Gasteiger partial charge >= 0.3 is 0 Å². The zero-order chi connectivity index (χ0) is 17.5. The average Bonchev–Trinajstić information content (AvgIpc) is 2.56. The third-order valence-electron chi connectivity index (χ3n) is 2.91. The van der Waals surface area contributed by atoms with E-state index in [9.17, 15) is 22.8 Å². The lowest BCUT2D eigenvalue weighted by molar-refractivity contribution is -0.121. The van der Waals surface area contributed by atoms with Crippen molar-refractivity contribution in [3.8, 4) is 0 Å². The van der Waals surface area contributed by atoms with Gasteiger partial charge in [-0.3, -0.25) is 20.4 Å². The summed E-state index contributed by atoms with van der Waals surface area (Å²) in [6.07, 6.45) is 0.0629. The van der Waals surface area contributed by atoms with E-state index in [2.05, 4.69) is 10.9 Å². The molecule has 0 aliphatic rings. The molecule has 8 heteroatoms. The fraction of sp³-hybridized carbons (Fsp3) is 0.125. The third kappa shape index (κ3) is 5.31. The number of hydrogen-bond acceptors (Lipinski definition) is 3. The van der Waals surface area contributed by atoms with E-state index in [0.29, 0.717) is 10.6 Å². The van der Waals surface area contributed by atoms with Gasteiger partial charge in [-0.2, -0.15) is 0 Å². The topological polar surface area (TPSA) is 58.2 Å². The molecular weight excluding hydrogens is 341 g/mol. The number of rotatable bonds is 5. The van der Waals surface area contributed by atoms with Gasteiger partial charge in [0.05, 0.1) is 0 Å². The van der Waals surface area contributed by atoms with E-state index in [1.165, 1.54) is 30.0 Å². The summed E-state index contributed by atoms with van der Waals surface area (Å²) >= 11 is 1.18. The van der Waals surface area contributed by atoms with Crippen molar-refractivity contribution in [3.63, 3.8) is 0 Å². The normalized spacial score (nSPS) is 10.3. The van der Waals surface area contributed by atoms with Crippen LogP contribution in [0.2, 0.25) is 0 Å². The largest absolute Gasteiger partial charge is 0.273 e. The predicted octanol–water partition coefficient (Wildman–Crippen LogP) is 3.05. The molecule has 0 saturated heterocycles. The number of halogens is 3. The van der Waals surface area contributed by atoms with Crippen molar-refractivity contribution in [1.82, 2.24) is 10.9 Å². The van der Waals surface area contributed by atoms with Gasteiger partial charge in [-0.15, -0.1) is 11.8 Å². The minimum atomic E-state index is -0.948. The quantitative estimate of drug-likeness (QED) is 0.641. The molecule has 0 unspecified atom stereocenters. The van der Waals surface area contributed by atoms with E-state index in [0.717, 1.165) is 24.3 Å². The zero-order valence-electron chi connectivity index (χ0n) is 12.3. The van der Waals surface area contributed by atoms with E-state index in [1.54, 1.807) is 0 Å². The second kappa shape index (κ2) is 8.39. The van der Waals surface area contributed by atoms with Crippen molar-refractivity contribution in [1.29, 1.82) is 0 Å². The number of carbonyl (C=O) groups excluding carboxylic acids is 2.